The molecule has 0 unspecified atom stereocenters. The van der Waals surface area contributed by atoms with Gasteiger partial charge in [0.25, 0.3) is 5.91 Å². The van der Waals surface area contributed by atoms with E-state index in [4.69, 9.17) is 5.21 Å². The first-order valence-electron chi connectivity index (χ1n) is 12.7. The van der Waals surface area contributed by atoms with Gasteiger partial charge in [-0.2, -0.15) is 4.31 Å². The van der Waals surface area contributed by atoms with E-state index in [2.05, 4.69) is 65.2 Å². The van der Waals surface area contributed by atoms with Gasteiger partial charge in [0.05, 0.1) is 10.5 Å². The first-order valence-corrected chi connectivity index (χ1v) is 14.2. The lowest BCUT2D eigenvalue weighted by Crippen LogP contribution is -2.49. The maximum absolute atomic E-state index is 13.3. The number of nitrogens with zero attached hydrogens (tertiary/aromatic N) is 6. The summed E-state index contributed by atoms with van der Waals surface area (Å²) in [4.78, 5) is 26.3. The summed E-state index contributed by atoms with van der Waals surface area (Å²) in [7, 11) is 2.61. The smallest absolute Gasteiger partial charge is 0.277 e. The van der Waals surface area contributed by atoms with E-state index in [1.165, 1.54) is 27.7 Å². The van der Waals surface area contributed by atoms with Crippen LogP contribution in [0.5, 0.6) is 0 Å². The number of piperazine rings is 1. The summed E-state index contributed by atoms with van der Waals surface area (Å²) < 4.78 is 28.0. The van der Waals surface area contributed by atoms with Gasteiger partial charge >= 0.3 is 0 Å². The van der Waals surface area contributed by atoms with E-state index in [1.54, 1.807) is 12.1 Å². The van der Waals surface area contributed by atoms with Crippen LogP contribution in [0.25, 0.3) is 11.1 Å². The van der Waals surface area contributed by atoms with Gasteiger partial charge < -0.3 is 14.7 Å². The molecule has 2 aromatic carbocycles. The lowest BCUT2D eigenvalue weighted by atomic mass is 10.0. The van der Waals surface area contributed by atoms with Crippen LogP contribution in [0.3, 0.4) is 0 Å². The third-order valence-corrected chi connectivity index (χ3v) is 8.60. The van der Waals surface area contributed by atoms with Gasteiger partial charge in [-0.1, -0.05) is 36.4 Å². The number of carbonyl (C=O) groups excluding carboxylic acids is 1. The summed E-state index contributed by atoms with van der Waals surface area (Å²) in [5, 5.41) is 8.71. The van der Waals surface area contributed by atoms with Crippen LogP contribution >= 0.6 is 0 Å². The molecule has 4 rings (SSSR count). The molecule has 12 heteroatoms. The molecule has 1 fully saturated rings. The van der Waals surface area contributed by atoms with Gasteiger partial charge in [0.15, 0.2) is 0 Å². The molecule has 1 aliphatic heterocycles. The predicted octanol–water partition coefficient (Wildman–Crippen LogP) is 1.77. The molecule has 39 heavy (non-hydrogen) atoms. The monoisotopic (exact) mass is 553 g/mol. The molecule has 2 N–H and O–H groups in total. The number of anilines is 1. The van der Waals surface area contributed by atoms with E-state index in [1.807, 2.05) is 17.0 Å². The lowest BCUT2D eigenvalue weighted by molar-refractivity contribution is 0.0705. The fourth-order valence-electron chi connectivity index (χ4n) is 4.33. The Kier molecular flexibility index (Phi) is 9.25. The van der Waals surface area contributed by atoms with Crippen molar-refractivity contribution in [3.63, 3.8) is 0 Å². The van der Waals surface area contributed by atoms with Crippen molar-refractivity contribution in [2.24, 2.45) is 0 Å². The number of aromatic nitrogens is 2. The van der Waals surface area contributed by atoms with E-state index in [0.29, 0.717) is 19.0 Å². The molecule has 0 saturated carbocycles. The van der Waals surface area contributed by atoms with Crippen LogP contribution in [-0.2, 0) is 16.6 Å². The molecule has 208 valence electrons. The summed E-state index contributed by atoms with van der Waals surface area (Å²) >= 11 is 0. The molecule has 11 nitrogen and oxygen atoms in total. The van der Waals surface area contributed by atoms with E-state index in [0.717, 1.165) is 30.8 Å². The Morgan fingerprint density at radius 1 is 0.897 bits per heavy atom. The minimum absolute atomic E-state index is 0.130. The molecular weight excluding hydrogens is 518 g/mol. The average molecular weight is 554 g/mol. The third-order valence-electron chi connectivity index (χ3n) is 6.68. The van der Waals surface area contributed by atoms with Gasteiger partial charge in [-0.05, 0) is 50.0 Å². The molecule has 1 aliphatic rings. The van der Waals surface area contributed by atoms with Crippen molar-refractivity contribution in [1.29, 1.82) is 0 Å². The molecule has 2 heterocycles. The van der Waals surface area contributed by atoms with Crippen LogP contribution in [0.2, 0.25) is 0 Å². The highest BCUT2D eigenvalue weighted by Gasteiger charge is 2.29. The minimum Gasteiger partial charge on any atom is -0.338 e. The number of nitrogens with one attached hydrogen (secondary N) is 1. The second-order valence-electron chi connectivity index (χ2n) is 9.87. The standard InChI is InChI=1S/C27H35N7O4S/c1-31(2)12-13-32(3)20-21-4-6-22(7-5-21)23-8-10-25(11-9-23)39(37,38)34-16-14-33(15-17-34)27-28-18-24(19-29-27)26(35)30-36/h4-11,18-19,36H,12-17,20H2,1-3H3,(H,30,35). The first kappa shape index (κ1) is 28.6. The van der Waals surface area contributed by atoms with Gasteiger partial charge in [0.1, 0.15) is 0 Å². The Morgan fingerprint density at radius 2 is 1.46 bits per heavy atom. The fourth-order valence-corrected chi connectivity index (χ4v) is 5.75. The number of hydrogen-bond acceptors (Lipinski definition) is 9. The van der Waals surface area contributed by atoms with E-state index < -0.39 is 15.9 Å². The van der Waals surface area contributed by atoms with Crippen LogP contribution in [-0.4, -0.2) is 104 Å². The van der Waals surface area contributed by atoms with E-state index in [9.17, 15) is 13.2 Å². The summed E-state index contributed by atoms with van der Waals surface area (Å²) in [5.41, 5.74) is 4.90. The molecule has 1 saturated heterocycles. The summed E-state index contributed by atoms with van der Waals surface area (Å²) in [6.45, 7) is 4.28. The normalized spacial score (nSPS) is 14.7. The molecule has 1 amide bonds. The van der Waals surface area contributed by atoms with Crippen LogP contribution in [0.4, 0.5) is 5.95 Å². The topological polar surface area (TPSA) is 122 Å². The number of amides is 1. The van der Waals surface area contributed by atoms with Crippen LogP contribution in [0, 0.1) is 0 Å². The summed E-state index contributed by atoms with van der Waals surface area (Å²) in [6, 6.07) is 15.4. The second kappa shape index (κ2) is 12.6. The molecule has 3 aromatic rings. The summed E-state index contributed by atoms with van der Waals surface area (Å²) in [5.74, 6) is -0.295. The number of likely N-dealkylation sites (N-methyl/N-ethyl adjacent to an activating group) is 2. The zero-order valence-corrected chi connectivity index (χ0v) is 23.3. The highest BCUT2D eigenvalue weighted by Crippen LogP contribution is 2.25. The quantitative estimate of drug-likeness (QED) is 0.286. The maximum Gasteiger partial charge on any atom is 0.277 e. The van der Waals surface area contributed by atoms with Gasteiger partial charge in [-0.3, -0.25) is 10.0 Å². The maximum atomic E-state index is 13.3. The van der Waals surface area contributed by atoms with Crippen molar-refractivity contribution in [3.05, 3.63) is 72.1 Å². The van der Waals surface area contributed by atoms with Crippen molar-refractivity contribution < 1.29 is 18.4 Å². The predicted molar refractivity (Wildman–Crippen MR) is 149 cm³/mol. The highest BCUT2D eigenvalue weighted by atomic mass is 32.2. The van der Waals surface area contributed by atoms with Crippen LogP contribution in [0.1, 0.15) is 15.9 Å². The van der Waals surface area contributed by atoms with Crippen molar-refractivity contribution in [3.8, 4) is 11.1 Å². The van der Waals surface area contributed by atoms with Crippen molar-refractivity contribution >= 4 is 21.9 Å². The largest absolute Gasteiger partial charge is 0.338 e. The second-order valence-corrected chi connectivity index (χ2v) is 11.8. The van der Waals surface area contributed by atoms with Crippen molar-refractivity contribution in [2.45, 2.75) is 11.4 Å². The Bertz CT molecular complexity index is 1340. The van der Waals surface area contributed by atoms with Gasteiger partial charge in [-0.25, -0.2) is 23.9 Å². The molecular formula is C27H35N7O4S. The number of sulfonamides is 1. The molecule has 0 spiro atoms. The van der Waals surface area contributed by atoms with Gasteiger partial charge in [0, 0.05) is 58.2 Å². The number of carbonyl (C=O) groups is 1. The van der Waals surface area contributed by atoms with E-state index in [-0.39, 0.29) is 23.5 Å². The zero-order chi connectivity index (χ0) is 28.0. The van der Waals surface area contributed by atoms with Gasteiger partial charge in [0.2, 0.25) is 16.0 Å². The summed E-state index contributed by atoms with van der Waals surface area (Å²) in [6.07, 6.45) is 2.63. The minimum atomic E-state index is -3.64. The number of benzene rings is 2. The number of rotatable bonds is 10. The van der Waals surface area contributed by atoms with Crippen molar-refractivity contribution in [2.75, 3.05) is 65.3 Å². The number of hydroxylamine groups is 1. The molecule has 0 radical (unpaired) electrons. The Labute approximate surface area is 229 Å². The van der Waals surface area contributed by atoms with Crippen molar-refractivity contribution in [1.82, 2.24) is 29.6 Å². The first-order chi connectivity index (χ1) is 18.7. The highest BCUT2D eigenvalue weighted by molar-refractivity contribution is 7.89. The van der Waals surface area contributed by atoms with E-state index >= 15 is 0 Å². The lowest BCUT2D eigenvalue weighted by Gasteiger charge is -2.34. The zero-order valence-electron chi connectivity index (χ0n) is 22.5. The SMILES string of the molecule is CN(C)CCN(C)Cc1ccc(-c2ccc(S(=O)(=O)N3CCN(c4ncc(C(=O)NO)cn4)CC3)cc2)cc1. The van der Waals surface area contributed by atoms with Crippen LogP contribution in [0.15, 0.2) is 65.8 Å². The fraction of sp³-hybridized carbons (Fsp3) is 0.370. The Hall–Kier alpha value is -3.42. The van der Waals surface area contributed by atoms with Crippen LogP contribution < -0.4 is 10.4 Å². The molecule has 0 atom stereocenters. The third kappa shape index (κ3) is 7.16. The molecule has 0 aliphatic carbocycles. The average Bonchev–Trinajstić information content (AvgIpc) is 2.96. The molecule has 1 aromatic heterocycles. The number of hydrogen-bond donors (Lipinski definition) is 2. The molecule has 0 bridgehead atoms. The Morgan fingerprint density at radius 3 is 2.00 bits per heavy atom. The Balaban J connectivity index is 1.35. The van der Waals surface area contributed by atoms with Gasteiger partial charge in [-0.15, -0.1) is 0 Å².